The van der Waals surface area contributed by atoms with Gasteiger partial charge >= 0.3 is 0 Å². The molecule has 7 heteroatoms. The van der Waals surface area contributed by atoms with Crippen LogP contribution >= 0.6 is 0 Å². The summed E-state index contributed by atoms with van der Waals surface area (Å²) in [5.74, 6) is -2.72. The molecule has 3 aliphatic carbocycles. The van der Waals surface area contributed by atoms with E-state index < -0.39 is 34.0 Å². The lowest BCUT2D eigenvalue weighted by molar-refractivity contribution is -0.384. The molecule has 39 heavy (non-hydrogen) atoms. The van der Waals surface area contributed by atoms with Gasteiger partial charge in [-0.3, -0.25) is 24.7 Å². The zero-order chi connectivity index (χ0) is 26.9. The summed E-state index contributed by atoms with van der Waals surface area (Å²) in [4.78, 5) is 45.9. The molecule has 8 rings (SSSR count). The molecule has 0 radical (unpaired) electrons. The van der Waals surface area contributed by atoms with Crippen molar-refractivity contribution in [2.75, 3.05) is 4.90 Å². The molecule has 0 spiro atoms. The van der Waals surface area contributed by atoms with E-state index in [-0.39, 0.29) is 17.3 Å². The SMILES string of the molecule is Cc1ccc(N=CC23c4ccccc4C(c4ccccc42)[C@@H]2C(=O)N(c4ccccc4[N+](=O)[O-])C(=O)[C@@H]23)cc1. The number of nitrogens with zero attached hydrogens (tertiary/aromatic N) is 3. The normalized spacial score (nSPS) is 24.5. The fourth-order valence-corrected chi connectivity index (χ4v) is 6.90. The van der Waals surface area contributed by atoms with Gasteiger partial charge in [-0.15, -0.1) is 0 Å². The second kappa shape index (κ2) is 8.30. The molecule has 2 amide bonds. The van der Waals surface area contributed by atoms with E-state index in [1.54, 1.807) is 6.07 Å². The van der Waals surface area contributed by atoms with Crippen LogP contribution in [0, 0.1) is 28.9 Å². The molecule has 4 aliphatic rings. The number of imide groups is 1. The van der Waals surface area contributed by atoms with Crippen LogP contribution in [0.15, 0.2) is 102 Å². The summed E-state index contributed by atoms with van der Waals surface area (Å²) in [6, 6.07) is 29.6. The van der Waals surface area contributed by atoms with E-state index >= 15 is 0 Å². The van der Waals surface area contributed by atoms with Crippen molar-refractivity contribution >= 4 is 35.1 Å². The van der Waals surface area contributed by atoms with E-state index in [1.807, 2.05) is 85.9 Å². The van der Waals surface area contributed by atoms with Crippen molar-refractivity contribution < 1.29 is 14.5 Å². The van der Waals surface area contributed by atoms with Gasteiger partial charge in [0.2, 0.25) is 11.8 Å². The lowest BCUT2D eigenvalue weighted by Gasteiger charge is -2.52. The summed E-state index contributed by atoms with van der Waals surface area (Å²) in [6.07, 6.45) is 1.83. The lowest BCUT2D eigenvalue weighted by Crippen LogP contribution is -2.54. The maximum absolute atomic E-state index is 14.4. The second-order valence-corrected chi connectivity index (χ2v) is 10.4. The van der Waals surface area contributed by atoms with E-state index in [1.165, 1.54) is 18.2 Å². The van der Waals surface area contributed by atoms with Gasteiger partial charge in [0.05, 0.1) is 27.9 Å². The minimum absolute atomic E-state index is 0.00466. The molecule has 0 aromatic heterocycles. The Labute approximate surface area is 224 Å². The maximum Gasteiger partial charge on any atom is 0.293 e. The number of aliphatic imine (C=N–C) groups is 1. The minimum atomic E-state index is -1.03. The van der Waals surface area contributed by atoms with Crippen molar-refractivity contribution in [2.24, 2.45) is 16.8 Å². The number of aryl methyl sites for hydroxylation is 1. The van der Waals surface area contributed by atoms with E-state index in [4.69, 9.17) is 4.99 Å². The van der Waals surface area contributed by atoms with Crippen molar-refractivity contribution in [1.82, 2.24) is 0 Å². The highest BCUT2D eigenvalue weighted by atomic mass is 16.6. The number of rotatable bonds is 4. The standard InChI is InChI=1S/C32H23N3O4/c1-19-14-16-20(17-15-19)33-18-32-23-10-4-2-8-21(23)27(22-9-3-5-11-24(22)32)28-29(32)31(37)34(30(28)36)25-12-6-7-13-26(25)35(38)39/h2-18,27-29H,1H3/t27?,28-,29+,32?/m0/s1. The first-order chi connectivity index (χ1) is 18.9. The number of para-hydroxylation sites is 2. The van der Waals surface area contributed by atoms with Crippen LogP contribution < -0.4 is 4.90 Å². The van der Waals surface area contributed by atoms with Crippen molar-refractivity contribution in [3.05, 3.63) is 135 Å². The fourth-order valence-electron chi connectivity index (χ4n) is 6.90. The van der Waals surface area contributed by atoms with Crippen LogP contribution in [0.1, 0.15) is 33.7 Å². The Balaban J connectivity index is 1.50. The van der Waals surface area contributed by atoms with Gasteiger partial charge in [-0.2, -0.15) is 0 Å². The smallest absolute Gasteiger partial charge is 0.274 e. The van der Waals surface area contributed by atoms with E-state index in [0.717, 1.165) is 38.4 Å². The van der Waals surface area contributed by atoms with Crippen LogP contribution in [0.25, 0.3) is 0 Å². The van der Waals surface area contributed by atoms with Crippen LogP contribution in [-0.2, 0) is 15.0 Å². The van der Waals surface area contributed by atoms with Crippen LogP contribution in [0.3, 0.4) is 0 Å². The molecule has 190 valence electrons. The number of amides is 2. The third kappa shape index (κ3) is 3.07. The summed E-state index contributed by atoms with van der Waals surface area (Å²) in [5, 5.41) is 11.9. The van der Waals surface area contributed by atoms with Gasteiger partial charge in [-0.1, -0.05) is 78.4 Å². The van der Waals surface area contributed by atoms with Crippen molar-refractivity contribution in [3.63, 3.8) is 0 Å². The molecule has 4 aromatic carbocycles. The molecular weight excluding hydrogens is 490 g/mol. The first kappa shape index (κ1) is 23.2. The highest BCUT2D eigenvalue weighted by Gasteiger charge is 2.68. The van der Waals surface area contributed by atoms with Crippen LogP contribution in [0.4, 0.5) is 17.1 Å². The monoisotopic (exact) mass is 513 g/mol. The Kier molecular flexibility index (Phi) is 4.94. The molecule has 1 heterocycles. The number of carbonyl (C=O) groups excluding carboxylic acids is 2. The van der Waals surface area contributed by atoms with E-state index in [9.17, 15) is 19.7 Å². The summed E-state index contributed by atoms with van der Waals surface area (Å²) in [6.45, 7) is 2.01. The summed E-state index contributed by atoms with van der Waals surface area (Å²) in [5.41, 5.74) is 4.40. The average Bonchev–Trinajstić information content (AvgIpc) is 3.23. The van der Waals surface area contributed by atoms with Gasteiger partial charge in [0.25, 0.3) is 5.69 Å². The van der Waals surface area contributed by atoms with Gasteiger partial charge in [-0.25, -0.2) is 4.90 Å². The molecule has 0 N–H and O–H groups in total. The molecule has 0 unspecified atom stereocenters. The van der Waals surface area contributed by atoms with Crippen molar-refractivity contribution in [1.29, 1.82) is 0 Å². The van der Waals surface area contributed by atoms with Gasteiger partial charge in [0.15, 0.2) is 0 Å². The van der Waals surface area contributed by atoms with Crippen LogP contribution in [-0.4, -0.2) is 23.0 Å². The zero-order valence-electron chi connectivity index (χ0n) is 21.0. The average molecular weight is 514 g/mol. The molecule has 2 bridgehead atoms. The quantitative estimate of drug-likeness (QED) is 0.148. The molecular formula is C32H23N3O4. The number of anilines is 1. The Morgan fingerprint density at radius 2 is 1.41 bits per heavy atom. The first-order valence-corrected chi connectivity index (χ1v) is 12.9. The van der Waals surface area contributed by atoms with Gasteiger partial charge in [0.1, 0.15) is 5.69 Å². The van der Waals surface area contributed by atoms with Gasteiger partial charge < -0.3 is 0 Å². The number of nitro benzene ring substituents is 1. The molecule has 0 saturated carbocycles. The number of carbonyl (C=O) groups is 2. The Morgan fingerprint density at radius 1 is 0.821 bits per heavy atom. The lowest BCUT2D eigenvalue weighted by atomic mass is 9.47. The van der Waals surface area contributed by atoms with Gasteiger partial charge in [-0.05, 0) is 47.4 Å². The van der Waals surface area contributed by atoms with E-state index in [0.29, 0.717) is 0 Å². The summed E-state index contributed by atoms with van der Waals surface area (Å²) >= 11 is 0. The second-order valence-electron chi connectivity index (χ2n) is 10.4. The van der Waals surface area contributed by atoms with Crippen LogP contribution in [0.5, 0.6) is 0 Å². The first-order valence-electron chi connectivity index (χ1n) is 12.9. The number of nitro groups is 1. The number of benzene rings is 4. The molecule has 1 fully saturated rings. The van der Waals surface area contributed by atoms with E-state index in [2.05, 4.69) is 0 Å². The summed E-state index contributed by atoms with van der Waals surface area (Å²) in [7, 11) is 0. The van der Waals surface area contributed by atoms with Crippen LogP contribution in [0.2, 0.25) is 0 Å². The maximum atomic E-state index is 14.4. The number of hydrogen-bond acceptors (Lipinski definition) is 5. The zero-order valence-corrected chi connectivity index (χ0v) is 21.0. The Bertz CT molecular complexity index is 1680. The third-order valence-electron chi connectivity index (χ3n) is 8.45. The Hall–Kier alpha value is -4.91. The Morgan fingerprint density at radius 3 is 2.05 bits per heavy atom. The molecule has 4 aromatic rings. The topological polar surface area (TPSA) is 92.9 Å². The molecule has 1 saturated heterocycles. The minimum Gasteiger partial charge on any atom is -0.274 e. The van der Waals surface area contributed by atoms with Gasteiger partial charge in [0, 0.05) is 18.2 Å². The fraction of sp³-hybridized carbons (Fsp3) is 0.156. The molecule has 2 atom stereocenters. The highest BCUT2D eigenvalue weighted by molar-refractivity contribution is 6.25. The predicted octanol–water partition coefficient (Wildman–Crippen LogP) is 5.86. The number of hydrogen-bond donors (Lipinski definition) is 0. The summed E-state index contributed by atoms with van der Waals surface area (Å²) < 4.78 is 0. The highest BCUT2D eigenvalue weighted by Crippen LogP contribution is 2.64. The third-order valence-corrected chi connectivity index (χ3v) is 8.45. The van der Waals surface area contributed by atoms with Crippen molar-refractivity contribution in [3.8, 4) is 0 Å². The largest absolute Gasteiger partial charge is 0.293 e. The molecule has 7 nitrogen and oxygen atoms in total. The van der Waals surface area contributed by atoms with Crippen molar-refractivity contribution in [2.45, 2.75) is 18.3 Å². The predicted molar refractivity (Wildman–Crippen MR) is 147 cm³/mol. The molecule has 1 aliphatic heterocycles.